The first-order valence-corrected chi connectivity index (χ1v) is 20.8. The zero-order valence-corrected chi connectivity index (χ0v) is 37.1. The fourth-order valence-corrected chi connectivity index (χ4v) is 11.0. The Bertz CT molecular complexity index is 3100. The number of imidazole rings is 1. The second kappa shape index (κ2) is 13.3. The Kier molecular flexibility index (Phi) is 8.52. The number of nitrogens with zero attached hydrogens (tertiary/aromatic N) is 4. The molecule has 5 heterocycles. The van der Waals surface area contributed by atoms with E-state index in [-0.39, 0.29) is 31.9 Å². The van der Waals surface area contributed by atoms with Crippen LogP contribution in [0.25, 0.3) is 44.3 Å². The van der Waals surface area contributed by atoms with Crippen LogP contribution >= 0.6 is 11.8 Å². The predicted octanol–water partition coefficient (Wildman–Crippen LogP) is 11.9. The summed E-state index contributed by atoms with van der Waals surface area (Å²) in [5.41, 5.74) is 12.1. The molecule has 11 rings (SSSR count). The molecule has 2 aliphatic heterocycles. The van der Waals surface area contributed by atoms with E-state index in [1.54, 1.807) is 0 Å². The fraction of sp³-hybridized carbons (Fsp3) is 0.192. The maximum atomic E-state index is 6.82. The van der Waals surface area contributed by atoms with Gasteiger partial charge < -0.3 is 18.4 Å². The van der Waals surface area contributed by atoms with Crippen molar-refractivity contribution in [1.82, 2.24) is 14.1 Å². The summed E-state index contributed by atoms with van der Waals surface area (Å²) in [4.78, 5) is 7.30. The number of pyridine rings is 1. The molecule has 2 aliphatic rings. The van der Waals surface area contributed by atoms with Gasteiger partial charge in [-0.1, -0.05) is 131 Å². The summed E-state index contributed by atoms with van der Waals surface area (Å²) in [7, 11) is 2.09. The molecule has 0 saturated heterocycles. The second-order valence-electron chi connectivity index (χ2n) is 17.7. The molecule has 9 aromatic rings. The van der Waals surface area contributed by atoms with E-state index in [1.165, 1.54) is 43.2 Å². The molecule has 0 radical (unpaired) electrons. The van der Waals surface area contributed by atoms with Crippen molar-refractivity contribution in [2.75, 3.05) is 0 Å². The first kappa shape index (κ1) is 37.8. The topological polar surface area (TPSA) is 35.9 Å². The van der Waals surface area contributed by atoms with E-state index in [2.05, 4.69) is 178 Å². The van der Waals surface area contributed by atoms with Gasteiger partial charge in [0.1, 0.15) is 5.82 Å². The first-order chi connectivity index (χ1) is 27.9. The Labute approximate surface area is 364 Å². The fourth-order valence-electron chi connectivity index (χ4n) is 9.72. The molecule has 0 N–H and O–H groups in total. The Morgan fingerprint density at radius 2 is 1.32 bits per heavy atom. The van der Waals surface area contributed by atoms with E-state index in [0.29, 0.717) is 11.5 Å². The van der Waals surface area contributed by atoms with E-state index < -0.39 is 5.41 Å². The zero-order valence-electron chi connectivity index (χ0n) is 34.0. The summed E-state index contributed by atoms with van der Waals surface area (Å²) in [6.45, 7) is 14.1. The van der Waals surface area contributed by atoms with Crippen LogP contribution in [0.4, 0.5) is 0 Å². The molecule has 0 unspecified atom stereocenters. The van der Waals surface area contributed by atoms with Crippen LogP contribution in [-0.4, -0.2) is 14.1 Å². The summed E-state index contributed by atoms with van der Waals surface area (Å²) >= 11 is 1.90. The number of hydrogen-bond donors (Lipinski definition) is 0. The van der Waals surface area contributed by atoms with Crippen molar-refractivity contribution in [2.24, 2.45) is 7.05 Å². The third-order valence-electron chi connectivity index (χ3n) is 12.1. The van der Waals surface area contributed by atoms with Gasteiger partial charge in [-0.3, -0.25) is 0 Å². The Balaban J connectivity index is 0.00000420. The number of hydrogen-bond acceptors (Lipinski definition) is 3. The van der Waals surface area contributed by atoms with Crippen molar-refractivity contribution in [2.45, 2.75) is 67.6 Å². The van der Waals surface area contributed by atoms with Gasteiger partial charge in [0.05, 0.1) is 18.1 Å². The minimum absolute atomic E-state index is 0. The first-order valence-electron chi connectivity index (χ1n) is 20.0. The largest absolute Gasteiger partial charge is 0.510 e. The normalized spacial score (nSPS) is 13.9. The van der Waals surface area contributed by atoms with Gasteiger partial charge in [-0.25, -0.2) is 4.98 Å². The molecule has 0 saturated carbocycles. The number of benzene rings is 6. The molecule has 6 aromatic carbocycles. The van der Waals surface area contributed by atoms with Crippen LogP contribution in [0.1, 0.15) is 74.9 Å². The van der Waals surface area contributed by atoms with Gasteiger partial charge in [0.2, 0.25) is 6.33 Å². The van der Waals surface area contributed by atoms with E-state index in [4.69, 9.17) is 9.72 Å². The number of aryl methyl sites for hydroxylation is 1. The molecule has 1 spiro atoms. The van der Waals surface area contributed by atoms with E-state index in [0.717, 1.165) is 44.3 Å². The molecule has 3 aromatic heterocycles. The van der Waals surface area contributed by atoms with Crippen LogP contribution in [0.5, 0.6) is 11.5 Å². The molecule has 0 amide bonds. The zero-order chi connectivity index (χ0) is 39.7. The van der Waals surface area contributed by atoms with Crippen molar-refractivity contribution >= 4 is 44.6 Å². The third kappa shape index (κ3) is 5.42. The number of ether oxygens (including phenoxy) is 1. The van der Waals surface area contributed by atoms with Gasteiger partial charge in [-0.2, -0.15) is 12.1 Å². The Hall–Kier alpha value is -5.42. The van der Waals surface area contributed by atoms with Crippen LogP contribution in [0, 0.1) is 18.5 Å². The van der Waals surface area contributed by atoms with E-state index in [9.17, 15) is 0 Å². The van der Waals surface area contributed by atoms with Crippen molar-refractivity contribution < 1.29 is 30.4 Å². The number of para-hydroxylation sites is 2. The van der Waals surface area contributed by atoms with Gasteiger partial charge in [-0.05, 0) is 74.4 Å². The van der Waals surface area contributed by atoms with Crippen LogP contribution in [0.15, 0.2) is 137 Å². The molecular weight excluding hydrogens is 924 g/mol. The SMILES string of the molecule is C[n+]1[c-]n2c3c(cccc31)C1(c3ccc(Oc4[c-]c5c(cc4)c4ccccc4n5-c4ccccn4)[c-]c3-2)c2c(cccc2C(C)(C)C)Sc2cccc(C(C)(C)C)c21.[Pt]. The Morgan fingerprint density at radius 1 is 0.661 bits per heavy atom. The number of aromatic nitrogens is 4. The predicted molar refractivity (Wildman–Crippen MR) is 233 cm³/mol. The van der Waals surface area contributed by atoms with Crippen LogP contribution < -0.4 is 9.30 Å². The molecule has 0 bridgehead atoms. The number of fused-ring (bicyclic) bond motifs is 11. The molecule has 294 valence electrons. The van der Waals surface area contributed by atoms with Gasteiger partial charge in [0.25, 0.3) is 0 Å². The molecule has 0 fully saturated rings. The number of rotatable bonds is 3. The van der Waals surface area contributed by atoms with Crippen molar-refractivity contribution in [3.8, 4) is 23.0 Å². The van der Waals surface area contributed by atoms with Gasteiger partial charge >= 0.3 is 0 Å². The minimum Gasteiger partial charge on any atom is -0.510 e. The molecule has 0 atom stereocenters. The van der Waals surface area contributed by atoms with Crippen molar-refractivity contribution in [3.63, 3.8) is 0 Å². The monoisotopic (exact) mass is 965 g/mol. The minimum atomic E-state index is -0.655. The maximum Gasteiger partial charge on any atom is 0.242 e. The average Bonchev–Trinajstić information content (AvgIpc) is 3.73. The summed E-state index contributed by atoms with van der Waals surface area (Å²) in [6.07, 6.45) is 5.52. The smallest absolute Gasteiger partial charge is 0.242 e. The van der Waals surface area contributed by atoms with E-state index >= 15 is 0 Å². The standard InChI is InChI=1S/C52H42N4OS.Pt/c1-50(2,3)37-16-13-21-44-47(37)52(48-38(51(4,5)6)17-14-22-45(48)58-44)36-27-25-33(30-43(36)55-31-54(7)41-20-12-18-39(52)49(41)55)57-32-24-26-35-34-15-8-9-19-40(34)56(42(35)29-32)46-23-10-11-28-53-46;/h8-28H,1-7H3;/q-2;. The molecule has 0 aliphatic carbocycles. The maximum absolute atomic E-state index is 6.82. The molecular formula is C52H42N4OPtS-2. The Morgan fingerprint density at radius 3 is 2.02 bits per heavy atom. The summed E-state index contributed by atoms with van der Waals surface area (Å²) < 4.78 is 13.3. The quantitative estimate of drug-likeness (QED) is 0.131. The van der Waals surface area contributed by atoms with Gasteiger partial charge in [-0.15, -0.1) is 35.2 Å². The van der Waals surface area contributed by atoms with Crippen LogP contribution in [-0.2, 0) is 44.4 Å². The second-order valence-corrected chi connectivity index (χ2v) is 18.8. The third-order valence-corrected chi connectivity index (χ3v) is 13.2. The summed E-state index contributed by atoms with van der Waals surface area (Å²) in [5.74, 6) is 2.06. The van der Waals surface area contributed by atoms with Crippen molar-refractivity contribution in [3.05, 3.63) is 179 Å². The molecule has 5 nitrogen and oxygen atoms in total. The van der Waals surface area contributed by atoms with Crippen molar-refractivity contribution in [1.29, 1.82) is 0 Å². The van der Waals surface area contributed by atoms with E-state index in [1.807, 2.05) is 42.2 Å². The summed E-state index contributed by atoms with van der Waals surface area (Å²) in [6, 6.07) is 51.0. The van der Waals surface area contributed by atoms with Crippen LogP contribution in [0.2, 0.25) is 0 Å². The van der Waals surface area contributed by atoms with Gasteiger partial charge in [0, 0.05) is 59.5 Å². The summed E-state index contributed by atoms with van der Waals surface area (Å²) in [5, 5.41) is 2.24. The molecule has 59 heavy (non-hydrogen) atoms. The van der Waals surface area contributed by atoms with Gasteiger partial charge in [0.15, 0.2) is 0 Å². The van der Waals surface area contributed by atoms with Crippen LogP contribution in [0.3, 0.4) is 0 Å². The molecule has 7 heteroatoms. The average molecular weight is 966 g/mol.